The van der Waals surface area contributed by atoms with E-state index in [1.165, 1.54) is 19.3 Å². The summed E-state index contributed by atoms with van der Waals surface area (Å²) in [7, 11) is 0. The van der Waals surface area contributed by atoms with Crippen molar-refractivity contribution in [1.82, 2.24) is 5.06 Å². The maximum atomic E-state index is 13.6. The molecule has 186 valence electrons. The number of hydrogen-bond donors (Lipinski definition) is 2. The van der Waals surface area contributed by atoms with Crippen LogP contribution in [-0.2, 0) is 14.4 Å². The minimum absolute atomic E-state index is 0.0319. The standard InChI is InChI=1S/C28H39NO5/c1-26-11-10-20(31)12-17(26)8-9-21-22-13-18-15-29(19-6-4-3-5-7-19)34-28(18,24(33)16-30)27(22,2)14-23(32)25(21)26/h10-12,18-19,21-23,25,30,32H,3-9,13-16H2,1-2H3/t18-,21?,22?,23-,25?,26-,27-,28-/m0/s1. The highest BCUT2D eigenvalue weighted by atomic mass is 16.7. The maximum absolute atomic E-state index is 13.6. The van der Waals surface area contributed by atoms with Crippen LogP contribution < -0.4 is 0 Å². The Morgan fingerprint density at radius 3 is 2.71 bits per heavy atom. The number of aliphatic hydroxyl groups excluding tert-OH is 2. The van der Waals surface area contributed by atoms with Crippen LogP contribution in [0.15, 0.2) is 23.8 Å². The number of carbonyl (C=O) groups is 2. The predicted molar refractivity (Wildman–Crippen MR) is 126 cm³/mol. The van der Waals surface area contributed by atoms with E-state index in [1.807, 2.05) is 6.08 Å². The molecule has 8 atom stereocenters. The summed E-state index contributed by atoms with van der Waals surface area (Å²) >= 11 is 0. The molecule has 1 saturated heterocycles. The van der Waals surface area contributed by atoms with Gasteiger partial charge in [0, 0.05) is 35.3 Å². The molecular formula is C28H39NO5. The fraction of sp³-hybridized carbons (Fsp3) is 0.786. The van der Waals surface area contributed by atoms with Crippen molar-refractivity contribution in [2.75, 3.05) is 13.2 Å². The topological polar surface area (TPSA) is 87.1 Å². The van der Waals surface area contributed by atoms with Crippen molar-refractivity contribution < 1.29 is 24.6 Å². The quantitative estimate of drug-likeness (QED) is 0.659. The highest BCUT2D eigenvalue weighted by molar-refractivity contribution is 6.01. The van der Waals surface area contributed by atoms with Crippen LogP contribution in [0.3, 0.4) is 0 Å². The van der Waals surface area contributed by atoms with Crippen LogP contribution in [0, 0.1) is 34.5 Å². The molecule has 0 radical (unpaired) electrons. The van der Waals surface area contributed by atoms with Crippen molar-refractivity contribution >= 4 is 11.6 Å². The van der Waals surface area contributed by atoms with Gasteiger partial charge in [-0.3, -0.25) is 14.4 Å². The average Bonchev–Trinajstić information content (AvgIpc) is 3.32. The number of hydroxylamine groups is 2. The number of rotatable bonds is 3. The molecule has 1 heterocycles. The largest absolute Gasteiger partial charge is 0.393 e. The van der Waals surface area contributed by atoms with Crippen LogP contribution in [0.4, 0.5) is 0 Å². The highest BCUT2D eigenvalue weighted by Gasteiger charge is 2.75. The van der Waals surface area contributed by atoms with Gasteiger partial charge in [0.1, 0.15) is 6.61 Å². The Bertz CT molecular complexity index is 952. The summed E-state index contributed by atoms with van der Waals surface area (Å²) in [5, 5.41) is 23.9. The molecule has 6 nitrogen and oxygen atoms in total. The van der Waals surface area contributed by atoms with E-state index in [-0.39, 0.29) is 40.7 Å². The van der Waals surface area contributed by atoms with Gasteiger partial charge in [0.15, 0.2) is 17.2 Å². The van der Waals surface area contributed by atoms with Gasteiger partial charge in [-0.25, -0.2) is 0 Å². The second-order valence-electron chi connectivity index (χ2n) is 12.4. The number of aliphatic hydroxyl groups is 2. The van der Waals surface area contributed by atoms with E-state index in [0.717, 1.165) is 44.2 Å². The summed E-state index contributed by atoms with van der Waals surface area (Å²) in [6.07, 6.45) is 13.9. The lowest BCUT2D eigenvalue weighted by Gasteiger charge is -2.60. The van der Waals surface area contributed by atoms with E-state index in [9.17, 15) is 19.8 Å². The van der Waals surface area contributed by atoms with Crippen LogP contribution in [0.2, 0.25) is 0 Å². The summed E-state index contributed by atoms with van der Waals surface area (Å²) in [6.45, 7) is 4.56. The molecule has 0 aromatic heterocycles. The number of allylic oxidation sites excluding steroid dienone is 4. The normalized spacial score (nSPS) is 48.6. The van der Waals surface area contributed by atoms with Gasteiger partial charge in [0.05, 0.1) is 6.10 Å². The number of hydrogen-bond acceptors (Lipinski definition) is 6. The van der Waals surface area contributed by atoms with Crippen LogP contribution in [0.25, 0.3) is 0 Å². The molecule has 6 aliphatic rings. The van der Waals surface area contributed by atoms with Gasteiger partial charge in [0.25, 0.3) is 0 Å². The summed E-state index contributed by atoms with van der Waals surface area (Å²) in [6, 6.07) is 0.345. The van der Waals surface area contributed by atoms with E-state index in [1.54, 1.807) is 12.2 Å². The van der Waals surface area contributed by atoms with Crippen molar-refractivity contribution in [3.05, 3.63) is 23.8 Å². The third kappa shape index (κ3) is 2.89. The Morgan fingerprint density at radius 2 is 1.97 bits per heavy atom. The molecule has 2 N–H and O–H groups in total. The lowest BCUT2D eigenvalue weighted by atomic mass is 9.46. The molecular weight excluding hydrogens is 430 g/mol. The number of carbonyl (C=O) groups excluding carboxylic acids is 2. The summed E-state index contributed by atoms with van der Waals surface area (Å²) in [5.41, 5.74) is -0.750. The predicted octanol–water partition coefficient (Wildman–Crippen LogP) is 3.37. The number of ketones is 2. The van der Waals surface area contributed by atoms with Crippen molar-refractivity contribution in [3.8, 4) is 0 Å². The molecule has 5 aliphatic carbocycles. The molecule has 6 heteroatoms. The van der Waals surface area contributed by atoms with Crippen molar-refractivity contribution in [3.63, 3.8) is 0 Å². The van der Waals surface area contributed by atoms with Gasteiger partial charge in [-0.15, -0.1) is 0 Å². The molecule has 0 spiro atoms. The van der Waals surface area contributed by atoms with E-state index in [0.29, 0.717) is 12.5 Å². The van der Waals surface area contributed by atoms with Gasteiger partial charge in [0.2, 0.25) is 0 Å². The average molecular weight is 470 g/mol. The third-order valence-electron chi connectivity index (χ3n) is 11.0. The molecule has 0 bridgehead atoms. The third-order valence-corrected chi connectivity index (χ3v) is 11.0. The van der Waals surface area contributed by atoms with E-state index < -0.39 is 23.7 Å². The molecule has 3 unspecified atom stereocenters. The highest BCUT2D eigenvalue weighted by Crippen LogP contribution is 2.70. The van der Waals surface area contributed by atoms with E-state index >= 15 is 0 Å². The van der Waals surface area contributed by atoms with Crippen LogP contribution in [-0.4, -0.2) is 57.7 Å². The van der Waals surface area contributed by atoms with Crippen LogP contribution >= 0.6 is 0 Å². The lowest BCUT2D eigenvalue weighted by molar-refractivity contribution is -0.265. The van der Waals surface area contributed by atoms with Crippen LogP contribution in [0.5, 0.6) is 0 Å². The zero-order valence-corrected chi connectivity index (χ0v) is 20.5. The Morgan fingerprint density at radius 1 is 1.21 bits per heavy atom. The van der Waals surface area contributed by atoms with Crippen molar-refractivity contribution in [2.24, 2.45) is 34.5 Å². The maximum Gasteiger partial charge on any atom is 0.192 e. The Hall–Kier alpha value is -1.34. The smallest absolute Gasteiger partial charge is 0.192 e. The van der Waals surface area contributed by atoms with Crippen molar-refractivity contribution in [1.29, 1.82) is 0 Å². The van der Waals surface area contributed by atoms with Gasteiger partial charge in [-0.1, -0.05) is 44.8 Å². The molecule has 5 fully saturated rings. The Kier molecular flexibility index (Phi) is 5.31. The lowest BCUT2D eigenvalue weighted by Crippen LogP contribution is -2.63. The first-order valence-electron chi connectivity index (χ1n) is 13.5. The van der Waals surface area contributed by atoms with Gasteiger partial charge >= 0.3 is 0 Å². The van der Waals surface area contributed by atoms with Gasteiger partial charge in [-0.2, -0.15) is 5.06 Å². The van der Waals surface area contributed by atoms with E-state index in [2.05, 4.69) is 18.9 Å². The summed E-state index contributed by atoms with van der Waals surface area (Å²) < 4.78 is 0. The Labute approximate surface area is 202 Å². The van der Waals surface area contributed by atoms with Crippen LogP contribution in [0.1, 0.15) is 71.6 Å². The fourth-order valence-corrected chi connectivity index (χ4v) is 9.60. The number of nitrogens with zero attached hydrogens (tertiary/aromatic N) is 1. The molecule has 0 aromatic carbocycles. The second-order valence-corrected chi connectivity index (χ2v) is 12.4. The second kappa shape index (κ2) is 7.83. The zero-order valence-electron chi connectivity index (χ0n) is 20.5. The first kappa shape index (κ1) is 23.1. The molecule has 1 aliphatic heterocycles. The van der Waals surface area contributed by atoms with Gasteiger partial charge < -0.3 is 10.2 Å². The summed E-state index contributed by atoms with van der Waals surface area (Å²) in [4.78, 5) is 32.4. The SMILES string of the molecule is C[C@]12C=CC(=O)C=C1CCC1C2[C@@H](O)C[C@@]2(C)C1C[C@H]1CN(C3CCCCC3)O[C@]12C(=O)CO. The molecule has 34 heavy (non-hydrogen) atoms. The zero-order chi connectivity index (χ0) is 23.9. The minimum atomic E-state index is -1.05. The molecule has 6 rings (SSSR count). The number of Topliss-reactive ketones (excluding diaryl/α,β-unsaturated/α-hetero) is 1. The molecule has 0 aromatic rings. The van der Waals surface area contributed by atoms with E-state index in [4.69, 9.17) is 4.84 Å². The summed E-state index contributed by atoms with van der Waals surface area (Å²) in [5.74, 6) is 0.416. The molecule has 0 amide bonds. The van der Waals surface area contributed by atoms with Crippen molar-refractivity contribution in [2.45, 2.75) is 89.4 Å². The van der Waals surface area contributed by atoms with Gasteiger partial charge in [-0.05, 0) is 62.5 Å². The fourth-order valence-electron chi connectivity index (χ4n) is 9.60. The Balaban J connectivity index is 1.37. The molecule has 4 saturated carbocycles. The first-order valence-corrected chi connectivity index (χ1v) is 13.5. The minimum Gasteiger partial charge on any atom is -0.393 e. The number of fused-ring (bicyclic) bond motifs is 7. The first-order chi connectivity index (χ1) is 16.2. The monoisotopic (exact) mass is 469 g/mol.